The predicted molar refractivity (Wildman–Crippen MR) is 95.4 cm³/mol. The minimum atomic E-state index is -0.494. The Morgan fingerprint density at radius 3 is 2.72 bits per heavy atom. The zero-order chi connectivity index (χ0) is 17.9. The van der Waals surface area contributed by atoms with E-state index in [0.717, 1.165) is 24.1 Å². The largest absolute Gasteiger partial charge is 0.339 e. The molecule has 0 bridgehead atoms. The number of hydrogen-bond acceptors (Lipinski definition) is 5. The molecular weight excluding hydrogens is 316 g/mol. The molecule has 2 aromatic heterocycles. The van der Waals surface area contributed by atoms with Crippen LogP contribution in [-0.4, -0.2) is 43.9 Å². The number of nitrogens with zero attached hydrogens (tertiary/aromatic N) is 5. The van der Waals surface area contributed by atoms with Crippen molar-refractivity contribution in [1.29, 1.82) is 0 Å². The Morgan fingerprint density at radius 1 is 1.36 bits per heavy atom. The van der Waals surface area contributed by atoms with Crippen LogP contribution in [0.1, 0.15) is 44.0 Å². The second-order valence-corrected chi connectivity index (χ2v) is 6.98. The van der Waals surface area contributed by atoms with Crippen molar-refractivity contribution in [1.82, 2.24) is 24.9 Å². The molecule has 2 aromatic rings. The van der Waals surface area contributed by atoms with Gasteiger partial charge in [-0.05, 0) is 44.4 Å². The molecular formula is C18H24N6O. The van der Waals surface area contributed by atoms with Crippen molar-refractivity contribution in [3.8, 4) is 0 Å². The maximum absolute atomic E-state index is 12.3. The highest BCUT2D eigenvalue weighted by Crippen LogP contribution is 2.23. The molecule has 1 amide bonds. The third-order valence-electron chi connectivity index (χ3n) is 4.42. The fourth-order valence-corrected chi connectivity index (χ4v) is 2.85. The third kappa shape index (κ3) is 4.30. The number of piperidine rings is 1. The number of carbonyl (C=O) groups is 1. The summed E-state index contributed by atoms with van der Waals surface area (Å²) in [5, 5.41) is 8.38. The number of carbonyl (C=O) groups excluding carboxylic acids is 1. The number of pyridine rings is 1. The highest BCUT2D eigenvalue weighted by atomic mass is 16.2. The van der Waals surface area contributed by atoms with E-state index in [-0.39, 0.29) is 11.9 Å². The summed E-state index contributed by atoms with van der Waals surface area (Å²) in [6, 6.07) is 4.03. The molecule has 0 saturated carbocycles. The van der Waals surface area contributed by atoms with E-state index in [1.54, 1.807) is 24.5 Å². The number of aromatic nitrogens is 4. The van der Waals surface area contributed by atoms with Crippen LogP contribution in [0.2, 0.25) is 0 Å². The van der Waals surface area contributed by atoms with Crippen LogP contribution >= 0.6 is 0 Å². The van der Waals surface area contributed by atoms with E-state index in [2.05, 4.69) is 15.3 Å². The highest BCUT2D eigenvalue weighted by molar-refractivity contribution is 5.91. The zero-order valence-electron chi connectivity index (χ0n) is 14.7. The Labute approximate surface area is 147 Å². The standard InChI is InChI=1S/C18H24N6O/c1-18(2,19)16-13-24(22-21-16)15-7-10-23(11-8-15)17(25)6-5-14-4-3-9-20-12-14/h3-6,9,12-13,15H,7-8,10-11,19H2,1-2H3. The fourth-order valence-electron chi connectivity index (χ4n) is 2.85. The summed E-state index contributed by atoms with van der Waals surface area (Å²) in [4.78, 5) is 18.2. The average molecular weight is 340 g/mol. The van der Waals surface area contributed by atoms with Crippen molar-refractivity contribution in [3.05, 3.63) is 48.1 Å². The molecule has 0 atom stereocenters. The summed E-state index contributed by atoms with van der Waals surface area (Å²) in [6.45, 7) is 5.25. The number of nitrogens with two attached hydrogens (primary N) is 1. The maximum Gasteiger partial charge on any atom is 0.246 e. The van der Waals surface area contributed by atoms with Crippen LogP contribution in [0.5, 0.6) is 0 Å². The Hall–Kier alpha value is -2.54. The van der Waals surface area contributed by atoms with Crippen molar-refractivity contribution >= 4 is 12.0 Å². The van der Waals surface area contributed by atoms with Gasteiger partial charge in [0.25, 0.3) is 0 Å². The SMILES string of the molecule is CC(C)(N)c1cn(C2CCN(C(=O)C=Cc3cccnc3)CC2)nn1. The third-order valence-corrected chi connectivity index (χ3v) is 4.42. The lowest BCUT2D eigenvalue weighted by Crippen LogP contribution is -2.38. The number of rotatable bonds is 4. The van der Waals surface area contributed by atoms with E-state index in [4.69, 9.17) is 5.73 Å². The molecule has 0 aliphatic carbocycles. The van der Waals surface area contributed by atoms with E-state index in [9.17, 15) is 4.79 Å². The van der Waals surface area contributed by atoms with Crippen LogP contribution in [0, 0.1) is 0 Å². The Morgan fingerprint density at radius 2 is 2.12 bits per heavy atom. The van der Waals surface area contributed by atoms with E-state index in [1.807, 2.05) is 41.8 Å². The molecule has 7 nitrogen and oxygen atoms in total. The van der Waals surface area contributed by atoms with Gasteiger partial charge in [0.15, 0.2) is 0 Å². The number of hydrogen-bond donors (Lipinski definition) is 1. The summed E-state index contributed by atoms with van der Waals surface area (Å²) in [6.07, 6.45) is 10.5. The molecule has 1 fully saturated rings. The van der Waals surface area contributed by atoms with Gasteiger partial charge in [0.1, 0.15) is 5.69 Å². The van der Waals surface area contributed by atoms with Crippen LogP contribution < -0.4 is 5.73 Å². The summed E-state index contributed by atoms with van der Waals surface area (Å²) in [5.41, 5.74) is 7.27. The van der Waals surface area contributed by atoms with Gasteiger partial charge < -0.3 is 10.6 Å². The zero-order valence-corrected chi connectivity index (χ0v) is 14.7. The lowest BCUT2D eigenvalue weighted by atomic mass is 10.0. The normalized spacial score (nSPS) is 16.5. The van der Waals surface area contributed by atoms with Crippen molar-refractivity contribution < 1.29 is 4.79 Å². The fraction of sp³-hybridized carbons (Fsp3) is 0.444. The van der Waals surface area contributed by atoms with Gasteiger partial charge in [-0.3, -0.25) is 9.78 Å². The van der Waals surface area contributed by atoms with Crippen molar-refractivity contribution in [3.63, 3.8) is 0 Å². The molecule has 0 unspecified atom stereocenters. The smallest absolute Gasteiger partial charge is 0.246 e. The van der Waals surface area contributed by atoms with Gasteiger partial charge in [0.05, 0.1) is 17.8 Å². The quantitative estimate of drug-likeness (QED) is 0.856. The van der Waals surface area contributed by atoms with E-state index in [1.165, 1.54) is 0 Å². The molecule has 3 heterocycles. The highest BCUT2D eigenvalue weighted by Gasteiger charge is 2.25. The van der Waals surface area contributed by atoms with Crippen LogP contribution in [0.4, 0.5) is 0 Å². The second-order valence-electron chi connectivity index (χ2n) is 6.98. The predicted octanol–water partition coefficient (Wildman–Crippen LogP) is 1.74. The van der Waals surface area contributed by atoms with Crippen molar-refractivity contribution in [2.45, 2.75) is 38.3 Å². The van der Waals surface area contributed by atoms with Gasteiger partial charge in [0, 0.05) is 31.6 Å². The molecule has 3 rings (SSSR count). The minimum absolute atomic E-state index is 0.0321. The van der Waals surface area contributed by atoms with Crippen molar-refractivity contribution in [2.24, 2.45) is 5.73 Å². The first-order chi connectivity index (χ1) is 11.9. The molecule has 0 radical (unpaired) electrons. The van der Waals surface area contributed by atoms with Gasteiger partial charge in [-0.2, -0.15) is 0 Å². The van der Waals surface area contributed by atoms with Gasteiger partial charge in [-0.15, -0.1) is 5.10 Å². The molecule has 25 heavy (non-hydrogen) atoms. The van der Waals surface area contributed by atoms with Crippen LogP contribution in [-0.2, 0) is 10.3 Å². The second kappa shape index (κ2) is 7.14. The summed E-state index contributed by atoms with van der Waals surface area (Å²) in [5.74, 6) is 0.0321. The first-order valence-corrected chi connectivity index (χ1v) is 8.52. The topological polar surface area (TPSA) is 89.9 Å². The molecule has 1 aliphatic rings. The molecule has 7 heteroatoms. The number of amides is 1. The Bertz CT molecular complexity index is 738. The summed E-state index contributed by atoms with van der Waals surface area (Å²) >= 11 is 0. The van der Waals surface area contributed by atoms with Gasteiger partial charge in [-0.1, -0.05) is 11.3 Å². The molecule has 1 saturated heterocycles. The van der Waals surface area contributed by atoms with Gasteiger partial charge in [0.2, 0.25) is 5.91 Å². The molecule has 132 valence electrons. The molecule has 0 aromatic carbocycles. The Balaban J connectivity index is 1.55. The van der Waals surface area contributed by atoms with Gasteiger partial charge in [-0.25, -0.2) is 4.68 Å². The maximum atomic E-state index is 12.3. The van der Waals surface area contributed by atoms with Crippen molar-refractivity contribution in [2.75, 3.05) is 13.1 Å². The minimum Gasteiger partial charge on any atom is -0.339 e. The monoisotopic (exact) mass is 340 g/mol. The van der Waals surface area contributed by atoms with E-state index in [0.29, 0.717) is 13.1 Å². The lowest BCUT2D eigenvalue weighted by Gasteiger charge is -2.31. The summed E-state index contributed by atoms with van der Waals surface area (Å²) in [7, 11) is 0. The van der Waals surface area contributed by atoms with E-state index < -0.39 is 5.54 Å². The lowest BCUT2D eigenvalue weighted by molar-refractivity contribution is -0.127. The first kappa shape index (κ1) is 17.3. The number of likely N-dealkylation sites (tertiary alicyclic amines) is 1. The average Bonchev–Trinajstić information content (AvgIpc) is 3.11. The molecule has 1 aliphatic heterocycles. The Kier molecular flexibility index (Phi) is 4.94. The first-order valence-electron chi connectivity index (χ1n) is 8.52. The molecule has 2 N–H and O–H groups in total. The van der Waals surface area contributed by atoms with Crippen LogP contribution in [0.15, 0.2) is 36.8 Å². The summed E-state index contributed by atoms with van der Waals surface area (Å²) < 4.78 is 1.89. The van der Waals surface area contributed by atoms with E-state index >= 15 is 0 Å². The van der Waals surface area contributed by atoms with Crippen LogP contribution in [0.3, 0.4) is 0 Å². The van der Waals surface area contributed by atoms with Gasteiger partial charge >= 0.3 is 0 Å². The van der Waals surface area contributed by atoms with Crippen LogP contribution in [0.25, 0.3) is 6.08 Å². The molecule has 0 spiro atoms.